The third-order valence-electron chi connectivity index (χ3n) is 2.40. The van der Waals surface area contributed by atoms with Crippen LogP contribution in [0.2, 0.25) is 0 Å². The molecule has 1 atom stereocenters. The highest BCUT2D eigenvalue weighted by Gasteiger charge is 2.21. The van der Waals surface area contributed by atoms with E-state index in [0.29, 0.717) is 15.6 Å². The summed E-state index contributed by atoms with van der Waals surface area (Å²) in [5.74, 6) is -1.27. The Bertz CT molecular complexity index is 564. The van der Waals surface area contributed by atoms with Crippen molar-refractivity contribution in [1.29, 1.82) is 0 Å². The highest BCUT2D eigenvalue weighted by Crippen LogP contribution is 2.30. The number of aliphatic hydroxyl groups is 1. The molecule has 1 heterocycles. The minimum absolute atomic E-state index is 0.338. The smallest absolute Gasteiger partial charge is 0.337 e. The molecule has 0 saturated carbocycles. The fourth-order valence-electron chi connectivity index (χ4n) is 1.65. The van der Waals surface area contributed by atoms with E-state index < -0.39 is 12.1 Å². The van der Waals surface area contributed by atoms with E-state index in [4.69, 9.17) is 5.11 Å². The van der Waals surface area contributed by atoms with Gasteiger partial charge in [-0.05, 0) is 22.0 Å². The van der Waals surface area contributed by atoms with Crippen molar-refractivity contribution in [1.82, 2.24) is 9.78 Å². The summed E-state index contributed by atoms with van der Waals surface area (Å²) in [6, 6.07) is 5.08. The predicted octanol–water partition coefficient (Wildman–Crippen LogP) is 1.45. The van der Waals surface area contributed by atoms with Crippen LogP contribution in [0.15, 0.2) is 22.8 Å². The van der Waals surface area contributed by atoms with Gasteiger partial charge in [-0.2, -0.15) is 5.10 Å². The molecule has 6 heteroatoms. The summed E-state index contributed by atoms with van der Waals surface area (Å²) in [4.78, 5) is 10.8. The molecule has 0 amide bonds. The number of halogens is 1. The third kappa shape index (κ3) is 1.60. The van der Waals surface area contributed by atoms with Crippen molar-refractivity contribution >= 4 is 32.8 Å². The second-order valence-corrected chi connectivity index (χ2v) is 4.15. The molecule has 0 spiro atoms. The Morgan fingerprint density at radius 2 is 2.25 bits per heavy atom. The van der Waals surface area contributed by atoms with Crippen LogP contribution < -0.4 is 0 Å². The first-order chi connectivity index (χ1) is 7.52. The van der Waals surface area contributed by atoms with Crippen LogP contribution in [0.3, 0.4) is 0 Å². The summed E-state index contributed by atoms with van der Waals surface area (Å²) >= 11 is 3.25. The summed E-state index contributed by atoms with van der Waals surface area (Å²) in [5.41, 5.74) is 1.11. The molecule has 2 N–H and O–H groups in total. The van der Waals surface area contributed by atoms with Gasteiger partial charge in [0.1, 0.15) is 4.60 Å². The van der Waals surface area contributed by atoms with Crippen LogP contribution >= 0.6 is 15.9 Å². The van der Waals surface area contributed by atoms with Crippen LogP contribution in [0.25, 0.3) is 10.9 Å². The molecule has 0 bridgehead atoms. The molecule has 16 heavy (non-hydrogen) atoms. The maximum absolute atomic E-state index is 10.8. The van der Waals surface area contributed by atoms with E-state index in [0.717, 1.165) is 5.52 Å². The average molecular weight is 285 g/mol. The first-order valence-electron chi connectivity index (χ1n) is 4.54. The first-order valence-corrected chi connectivity index (χ1v) is 5.33. The number of fused-ring (bicyclic) bond motifs is 1. The molecule has 0 saturated heterocycles. The van der Waals surface area contributed by atoms with E-state index in [9.17, 15) is 9.90 Å². The molecule has 84 valence electrons. The van der Waals surface area contributed by atoms with Gasteiger partial charge < -0.3 is 10.2 Å². The number of carbonyl (C=O) groups is 1. The number of aliphatic hydroxyl groups excluding tert-OH is 1. The molecular weight excluding hydrogens is 276 g/mol. The summed E-state index contributed by atoms with van der Waals surface area (Å²) < 4.78 is 2.15. The average Bonchev–Trinajstić information content (AvgIpc) is 2.54. The van der Waals surface area contributed by atoms with Gasteiger partial charge in [-0.25, -0.2) is 4.79 Å². The van der Waals surface area contributed by atoms with Gasteiger partial charge in [-0.3, -0.25) is 4.68 Å². The quantitative estimate of drug-likeness (QED) is 0.875. The van der Waals surface area contributed by atoms with Gasteiger partial charge in [0.15, 0.2) is 6.10 Å². The maximum atomic E-state index is 10.8. The van der Waals surface area contributed by atoms with Crippen molar-refractivity contribution in [2.24, 2.45) is 7.05 Å². The van der Waals surface area contributed by atoms with Gasteiger partial charge in [0, 0.05) is 18.0 Å². The number of rotatable bonds is 2. The Labute approximate surface area is 99.4 Å². The topological polar surface area (TPSA) is 75.3 Å². The lowest BCUT2D eigenvalue weighted by Crippen LogP contribution is -2.10. The zero-order chi connectivity index (χ0) is 11.9. The molecule has 0 aliphatic rings. The summed E-state index contributed by atoms with van der Waals surface area (Å²) in [7, 11) is 1.75. The van der Waals surface area contributed by atoms with Gasteiger partial charge in [0.2, 0.25) is 0 Å². The van der Waals surface area contributed by atoms with Crippen molar-refractivity contribution < 1.29 is 15.0 Å². The number of hydrogen-bond acceptors (Lipinski definition) is 3. The molecule has 2 rings (SSSR count). The van der Waals surface area contributed by atoms with E-state index in [1.54, 1.807) is 23.9 Å². The van der Waals surface area contributed by atoms with E-state index >= 15 is 0 Å². The Morgan fingerprint density at radius 3 is 2.88 bits per heavy atom. The molecule has 0 aliphatic carbocycles. The van der Waals surface area contributed by atoms with E-state index in [-0.39, 0.29) is 0 Å². The molecule has 1 aromatic heterocycles. The lowest BCUT2D eigenvalue weighted by molar-refractivity contribution is -0.146. The second-order valence-electron chi connectivity index (χ2n) is 3.40. The molecule has 5 nitrogen and oxygen atoms in total. The van der Waals surface area contributed by atoms with Crippen molar-refractivity contribution in [3.8, 4) is 0 Å². The van der Waals surface area contributed by atoms with Gasteiger partial charge in [0.05, 0.1) is 5.52 Å². The number of benzene rings is 1. The van der Waals surface area contributed by atoms with Crippen molar-refractivity contribution in [2.45, 2.75) is 6.10 Å². The van der Waals surface area contributed by atoms with Gasteiger partial charge >= 0.3 is 5.97 Å². The highest BCUT2D eigenvalue weighted by molar-refractivity contribution is 9.10. The van der Waals surface area contributed by atoms with Gasteiger partial charge in [-0.1, -0.05) is 12.1 Å². The number of carboxylic acids is 1. The Hall–Kier alpha value is -1.40. The largest absolute Gasteiger partial charge is 0.479 e. The maximum Gasteiger partial charge on any atom is 0.337 e. The number of hydrogen-bond donors (Lipinski definition) is 2. The second kappa shape index (κ2) is 3.88. The summed E-state index contributed by atoms with van der Waals surface area (Å²) in [6.45, 7) is 0. The van der Waals surface area contributed by atoms with E-state index in [1.807, 2.05) is 6.07 Å². The molecule has 0 aliphatic heterocycles. The summed E-state index contributed by atoms with van der Waals surface area (Å²) in [5, 5.41) is 23.1. The molecule has 0 radical (unpaired) electrons. The molecule has 1 unspecified atom stereocenters. The zero-order valence-electron chi connectivity index (χ0n) is 8.38. The number of nitrogens with zero attached hydrogens (tertiary/aromatic N) is 2. The van der Waals surface area contributed by atoms with Crippen molar-refractivity contribution in [3.05, 3.63) is 28.4 Å². The normalized spacial score (nSPS) is 12.9. The van der Waals surface area contributed by atoms with Crippen molar-refractivity contribution in [2.75, 3.05) is 0 Å². The lowest BCUT2D eigenvalue weighted by atomic mass is 10.1. The van der Waals surface area contributed by atoms with Gasteiger partial charge in [0.25, 0.3) is 0 Å². The monoisotopic (exact) mass is 284 g/mol. The third-order valence-corrected chi connectivity index (χ3v) is 2.95. The van der Waals surface area contributed by atoms with Crippen LogP contribution in [0, 0.1) is 0 Å². The van der Waals surface area contributed by atoms with Gasteiger partial charge in [-0.15, -0.1) is 0 Å². The van der Waals surface area contributed by atoms with Crippen LogP contribution in [0.1, 0.15) is 11.7 Å². The number of aromatic nitrogens is 2. The standard InChI is InChI=1S/C10H9BrN2O3/c1-13-6-4-2-3-5(8(14)10(15)16)7(6)9(11)12-13/h2-4,8,14H,1H3,(H,15,16). The molecular formula is C10H9BrN2O3. The minimum Gasteiger partial charge on any atom is -0.479 e. The van der Waals surface area contributed by atoms with Crippen LogP contribution in [0.5, 0.6) is 0 Å². The van der Waals surface area contributed by atoms with Crippen LogP contribution in [-0.4, -0.2) is 26.0 Å². The highest BCUT2D eigenvalue weighted by atomic mass is 79.9. The Morgan fingerprint density at radius 1 is 1.56 bits per heavy atom. The minimum atomic E-state index is -1.54. The number of carboxylic acid groups (broad SMARTS) is 1. The SMILES string of the molecule is Cn1nc(Br)c2c(C(O)C(=O)O)cccc21. The van der Waals surface area contributed by atoms with Crippen LogP contribution in [0.4, 0.5) is 0 Å². The fraction of sp³-hybridized carbons (Fsp3) is 0.200. The molecule has 0 fully saturated rings. The van der Waals surface area contributed by atoms with E-state index in [2.05, 4.69) is 21.0 Å². The predicted molar refractivity (Wildman–Crippen MR) is 61.0 cm³/mol. The molecule has 1 aromatic carbocycles. The number of aliphatic carboxylic acids is 1. The van der Waals surface area contributed by atoms with Crippen LogP contribution in [-0.2, 0) is 11.8 Å². The lowest BCUT2D eigenvalue weighted by Gasteiger charge is -2.07. The molecule has 2 aromatic rings. The summed E-state index contributed by atoms with van der Waals surface area (Å²) in [6.07, 6.45) is -1.54. The number of aryl methyl sites for hydroxylation is 1. The van der Waals surface area contributed by atoms with E-state index in [1.165, 1.54) is 0 Å². The first kappa shape index (κ1) is 11.1. The fourth-order valence-corrected chi connectivity index (χ4v) is 2.32. The Balaban J connectivity index is 2.75. The van der Waals surface area contributed by atoms with Crippen molar-refractivity contribution in [3.63, 3.8) is 0 Å². The Kier molecular flexibility index (Phi) is 2.69. The zero-order valence-corrected chi connectivity index (χ0v) is 9.97.